The Morgan fingerprint density at radius 3 is 2.89 bits per heavy atom. The Morgan fingerprint density at radius 1 is 1.37 bits per heavy atom. The maximum absolute atomic E-state index is 12.3. The molecule has 3 rings (SSSR count). The van der Waals surface area contributed by atoms with Crippen LogP contribution in [-0.4, -0.2) is 39.1 Å². The fraction of sp³-hybridized carbons (Fsp3) is 0.529. The van der Waals surface area contributed by atoms with Crippen LogP contribution >= 0.6 is 23.1 Å². The van der Waals surface area contributed by atoms with E-state index in [0.29, 0.717) is 21.6 Å². The second kappa shape index (κ2) is 9.23. The first-order valence-corrected chi connectivity index (χ1v) is 10.8. The first kappa shape index (κ1) is 19.7. The molecule has 0 atom stereocenters. The summed E-state index contributed by atoms with van der Waals surface area (Å²) in [5.74, 6) is 6.71. The lowest BCUT2D eigenvalue weighted by Crippen LogP contribution is -2.20. The number of carbonyl (C=O) groups excluding carboxylic acids is 2. The molecule has 0 aliphatic heterocycles. The maximum Gasteiger partial charge on any atom is 0.341 e. The van der Waals surface area contributed by atoms with Crippen LogP contribution in [-0.2, 0) is 9.53 Å². The summed E-state index contributed by atoms with van der Waals surface area (Å²) < 4.78 is 6.49. The number of nitrogens with zero attached hydrogens (tertiary/aromatic N) is 3. The number of aromatic nitrogens is 3. The van der Waals surface area contributed by atoms with Crippen molar-refractivity contribution in [3.05, 3.63) is 22.8 Å². The smallest absolute Gasteiger partial charge is 0.341 e. The molecule has 0 saturated heterocycles. The van der Waals surface area contributed by atoms with E-state index in [-0.39, 0.29) is 18.3 Å². The van der Waals surface area contributed by atoms with Gasteiger partial charge in [0.1, 0.15) is 5.00 Å². The summed E-state index contributed by atoms with van der Waals surface area (Å²) in [5.41, 5.74) is 0.363. The first-order chi connectivity index (χ1) is 13.1. The van der Waals surface area contributed by atoms with Crippen molar-refractivity contribution in [1.82, 2.24) is 14.9 Å². The molecule has 0 aromatic carbocycles. The Kier molecular flexibility index (Phi) is 6.73. The highest BCUT2D eigenvalue weighted by Gasteiger charge is 2.23. The zero-order chi connectivity index (χ0) is 19.2. The minimum absolute atomic E-state index is 0.125. The highest BCUT2D eigenvalue weighted by Crippen LogP contribution is 2.32. The average Bonchev–Trinajstić information content (AvgIpc) is 3.27. The Hall–Kier alpha value is -2.07. The van der Waals surface area contributed by atoms with E-state index in [1.165, 1.54) is 47.0 Å². The van der Waals surface area contributed by atoms with Crippen LogP contribution in [0.4, 0.5) is 5.00 Å². The summed E-state index contributed by atoms with van der Waals surface area (Å²) >= 11 is 2.51. The standard InChI is InChI=1S/C17H23N5O3S2/c1-2-25-16(24)12-8-9-26-15(12)19-13(23)10-27-17-21-20-14(22(17)18)11-6-4-3-5-7-11/h8-9,11H,2-7,10,18H2,1H3,(H,19,23). The summed E-state index contributed by atoms with van der Waals surface area (Å²) in [6.07, 6.45) is 5.79. The molecule has 1 amide bonds. The largest absolute Gasteiger partial charge is 0.462 e. The molecule has 10 heteroatoms. The van der Waals surface area contributed by atoms with Crippen molar-refractivity contribution in [3.8, 4) is 0 Å². The van der Waals surface area contributed by atoms with E-state index >= 15 is 0 Å². The molecule has 3 N–H and O–H groups in total. The van der Waals surface area contributed by atoms with Gasteiger partial charge in [0.05, 0.1) is 17.9 Å². The van der Waals surface area contributed by atoms with E-state index < -0.39 is 5.97 Å². The molecule has 1 saturated carbocycles. The number of amides is 1. The van der Waals surface area contributed by atoms with Gasteiger partial charge in [-0.15, -0.1) is 21.5 Å². The summed E-state index contributed by atoms with van der Waals surface area (Å²) in [4.78, 5) is 24.1. The average molecular weight is 410 g/mol. The van der Waals surface area contributed by atoms with Crippen LogP contribution < -0.4 is 11.2 Å². The molecular weight excluding hydrogens is 386 g/mol. The summed E-state index contributed by atoms with van der Waals surface area (Å²) in [7, 11) is 0. The minimum Gasteiger partial charge on any atom is -0.462 e. The zero-order valence-corrected chi connectivity index (χ0v) is 16.8. The van der Waals surface area contributed by atoms with Crippen LogP contribution in [0.1, 0.15) is 61.1 Å². The van der Waals surface area contributed by atoms with Gasteiger partial charge in [-0.25, -0.2) is 9.47 Å². The fourth-order valence-electron chi connectivity index (χ4n) is 3.09. The second-order valence-electron chi connectivity index (χ2n) is 6.27. The van der Waals surface area contributed by atoms with Gasteiger partial charge in [-0.05, 0) is 31.2 Å². The van der Waals surface area contributed by atoms with Crippen molar-refractivity contribution in [2.45, 2.75) is 50.1 Å². The van der Waals surface area contributed by atoms with Crippen LogP contribution in [0.2, 0.25) is 0 Å². The summed E-state index contributed by atoms with van der Waals surface area (Å²) in [6, 6.07) is 1.64. The number of nitrogen functional groups attached to an aromatic ring is 1. The van der Waals surface area contributed by atoms with Gasteiger partial charge in [0.25, 0.3) is 0 Å². The van der Waals surface area contributed by atoms with Crippen LogP contribution in [0.5, 0.6) is 0 Å². The number of thioether (sulfide) groups is 1. The van der Waals surface area contributed by atoms with Crippen molar-refractivity contribution in [2.24, 2.45) is 0 Å². The fourth-order valence-corrected chi connectivity index (χ4v) is 4.55. The number of ether oxygens (including phenoxy) is 1. The number of hydrogen-bond acceptors (Lipinski definition) is 8. The third-order valence-electron chi connectivity index (χ3n) is 4.41. The molecule has 8 nitrogen and oxygen atoms in total. The van der Waals surface area contributed by atoms with Crippen molar-refractivity contribution in [2.75, 3.05) is 23.5 Å². The van der Waals surface area contributed by atoms with Gasteiger partial charge < -0.3 is 15.9 Å². The second-order valence-corrected chi connectivity index (χ2v) is 8.13. The molecule has 2 aromatic rings. The number of nitrogens with two attached hydrogens (primary N) is 1. The Bertz CT molecular complexity index is 798. The lowest BCUT2D eigenvalue weighted by molar-refractivity contribution is -0.113. The summed E-state index contributed by atoms with van der Waals surface area (Å²) in [5, 5.41) is 13.8. The quantitative estimate of drug-likeness (QED) is 0.411. The van der Waals surface area contributed by atoms with Gasteiger partial charge in [-0.2, -0.15) is 0 Å². The van der Waals surface area contributed by atoms with Crippen molar-refractivity contribution >= 4 is 40.0 Å². The summed E-state index contributed by atoms with van der Waals surface area (Å²) in [6.45, 7) is 2.02. The number of hydrogen-bond donors (Lipinski definition) is 2. The minimum atomic E-state index is -0.444. The third kappa shape index (κ3) is 4.81. The molecule has 2 heterocycles. The van der Waals surface area contributed by atoms with E-state index in [0.717, 1.165) is 18.7 Å². The van der Waals surface area contributed by atoms with Gasteiger partial charge in [-0.1, -0.05) is 31.0 Å². The zero-order valence-electron chi connectivity index (χ0n) is 15.1. The topological polar surface area (TPSA) is 112 Å². The Balaban J connectivity index is 1.56. The number of nitrogens with one attached hydrogen (secondary N) is 1. The first-order valence-electron chi connectivity index (χ1n) is 8.97. The molecule has 0 spiro atoms. The van der Waals surface area contributed by atoms with E-state index in [9.17, 15) is 9.59 Å². The molecule has 0 bridgehead atoms. The normalized spacial score (nSPS) is 14.9. The van der Waals surface area contributed by atoms with Crippen LogP contribution in [0.15, 0.2) is 16.6 Å². The monoisotopic (exact) mass is 409 g/mol. The van der Waals surface area contributed by atoms with Crippen molar-refractivity contribution in [3.63, 3.8) is 0 Å². The van der Waals surface area contributed by atoms with E-state index in [1.807, 2.05) is 0 Å². The number of carbonyl (C=O) groups is 2. The SMILES string of the molecule is CCOC(=O)c1ccsc1NC(=O)CSc1nnc(C2CCCCC2)n1N. The van der Waals surface area contributed by atoms with Crippen molar-refractivity contribution < 1.29 is 14.3 Å². The van der Waals surface area contributed by atoms with Gasteiger partial charge in [0, 0.05) is 5.92 Å². The Morgan fingerprint density at radius 2 is 2.15 bits per heavy atom. The molecule has 2 aromatic heterocycles. The molecule has 0 radical (unpaired) electrons. The highest BCUT2D eigenvalue weighted by molar-refractivity contribution is 7.99. The molecular formula is C17H23N5O3S2. The van der Waals surface area contributed by atoms with Crippen LogP contribution in [0.3, 0.4) is 0 Å². The van der Waals surface area contributed by atoms with Gasteiger partial charge in [0.2, 0.25) is 11.1 Å². The van der Waals surface area contributed by atoms with Gasteiger partial charge in [-0.3, -0.25) is 4.79 Å². The predicted molar refractivity (Wildman–Crippen MR) is 106 cm³/mol. The van der Waals surface area contributed by atoms with Gasteiger partial charge in [0.15, 0.2) is 5.82 Å². The highest BCUT2D eigenvalue weighted by atomic mass is 32.2. The predicted octanol–water partition coefficient (Wildman–Crippen LogP) is 3.01. The lowest BCUT2D eigenvalue weighted by Gasteiger charge is -2.20. The van der Waals surface area contributed by atoms with E-state index in [4.69, 9.17) is 10.6 Å². The van der Waals surface area contributed by atoms with Gasteiger partial charge >= 0.3 is 5.97 Å². The van der Waals surface area contributed by atoms with E-state index in [1.54, 1.807) is 18.4 Å². The van der Waals surface area contributed by atoms with Crippen LogP contribution in [0.25, 0.3) is 0 Å². The lowest BCUT2D eigenvalue weighted by atomic mass is 9.89. The molecule has 1 aliphatic carbocycles. The van der Waals surface area contributed by atoms with Crippen LogP contribution in [0, 0.1) is 0 Å². The van der Waals surface area contributed by atoms with Crippen molar-refractivity contribution in [1.29, 1.82) is 0 Å². The molecule has 1 aliphatic rings. The number of thiophene rings is 1. The third-order valence-corrected chi connectivity index (χ3v) is 6.18. The molecule has 146 valence electrons. The molecule has 27 heavy (non-hydrogen) atoms. The molecule has 1 fully saturated rings. The molecule has 0 unspecified atom stereocenters. The number of esters is 1. The number of anilines is 1. The Labute approximate surface area is 165 Å². The van der Waals surface area contributed by atoms with E-state index in [2.05, 4.69) is 15.5 Å². The number of rotatable bonds is 7. The maximum atomic E-state index is 12.3.